The van der Waals surface area contributed by atoms with Gasteiger partial charge in [-0.3, -0.25) is 14.7 Å². The Kier molecular flexibility index (Phi) is 2.83. The predicted octanol–water partition coefficient (Wildman–Crippen LogP) is 1.81. The fourth-order valence-corrected chi connectivity index (χ4v) is 1.96. The van der Waals surface area contributed by atoms with Crippen LogP contribution in [0.3, 0.4) is 0 Å². The van der Waals surface area contributed by atoms with Crippen LogP contribution in [0.2, 0.25) is 0 Å². The highest BCUT2D eigenvalue weighted by Gasteiger charge is 2.10. The van der Waals surface area contributed by atoms with Gasteiger partial charge in [-0.2, -0.15) is 5.10 Å². The van der Waals surface area contributed by atoms with Gasteiger partial charge in [0.25, 0.3) is 5.91 Å². The Hall–Kier alpha value is -2.89. The molecule has 0 aliphatic rings. The van der Waals surface area contributed by atoms with E-state index in [0.717, 1.165) is 10.9 Å². The maximum absolute atomic E-state index is 12.1. The van der Waals surface area contributed by atoms with Crippen LogP contribution in [-0.2, 0) is 0 Å². The van der Waals surface area contributed by atoms with E-state index in [1.165, 1.54) is 12.3 Å². The SMILES string of the molecule is Cc1cc(=O)c(C(=O)Nc2ccc3cn[nH]c3c2)c[nH]1. The molecule has 0 saturated heterocycles. The molecule has 2 heterocycles. The minimum atomic E-state index is -0.440. The number of H-pyrrole nitrogens is 2. The molecule has 0 aliphatic carbocycles. The fraction of sp³-hybridized carbons (Fsp3) is 0.0714. The molecule has 6 heteroatoms. The third-order valence-corrected chi connectivity index (χ3v) is 3.00. The number of amides is 1. The van der Waals surface area contributed by atoms with Crippen molar-refractivity contribution in [3.05, 3.63) is 58.1 Å². The lowest BCUT2D eigenvalue weighted by molar-refractivity contribution is 0.102. The third kappa shape index (κ3) is 2.18. The zero-order valence-corrected chi connectivity index (χ0v) is 10.7. The van der Waals surface area contributed by atoms with Gasteiger partial charge in [0.15, 0.2) is 5.43 Å². The van der Waals surface area contributed by atoms with E-state index in [-0.39, 0.29) is 11.0 Å². The van der Waals surface area contributed by atoms with Crippen molar-refractivity contribution in [3.63, 3.8) is 0 Å². The molecule has 0 unspecified atom stereocenters. The standard InChI is InChI=1S/C14H12N4O2/c1-8-4-13(19)11(7-15-8)14(20)17-10-3-2-9-6-16-18-12(9)5-10/h2-7H,1H3,(H,15,19)(H,16,18)(H,17,20). The molecule has 0 spiro atoms. The number of nitrogens with zero attached hydrogens (tertiary/aromatic N) is 1. The van der Waals surface area contributed by atoms with Gasteiger partial charge in [0.2, 0.25) is 0 Å². The molecule has 0 bridgehead atoms. The van der Waals surface area contributed by atoms with Gasteiger partial charge < -0.3 is 10.3 Å². The van der Waals surface area contributed by atoms with E-state index in [1.54, 1.807) is 25.3 Å². The van der Waals surface area contributed by atoms with Crippen LogP contribution >= 0.6 is 0 Å². The molecule has 1 aromatic carbocycles. The molecule has 1 amide bonds. The Balaban J connectivity index is 1.89. The molecule has 0 radical (unpaired) electrons. The molecule has 6 nitrogen and oxygen atoms in total. The number of aromatic amines is 2. The van der Waals surface area contributed by atoms with Gasteiger partial charge in [-0.1, -0.05) is 0 Å². The van der Waals surface area contributed by atoms with Gasteiger partial charge >= 0.3 is 0 Å². The van der Waals surface area contributed by atoms with E-state index in [4.69, 9.17) is 0 Å². The predicted molar refractivity (Wildman–Crippen MR) is 75.8 cm³/mol. The van der Waals surface area contributed by atoms with E-state index >= 15 is 0 Å². The second kappa shape index (κ2) is 4.65. The largest absolute Gasteiger partial charge is 0.364 e. The summed E-state index contributed by atoms with van der Waals surface area (Å²) in [5.74, 6) is -0.440. The number of pyridine rings is 1. The number of rotatable bonds is 2. The highest BCUT2D eigenvalue weighted by molar-refractivity contribution is 6.04. The van der Waals surface area contributed by atoms with Crippen LogP contribution in [0.5, 0.6) is 0 Å². The van der Waals surface area contributed by atoms with Crippen LogP contribution in [0.15, 0.2) is 41.5 Å². The van der Waals surface area contributed by atoms with Gasteiger partial charge in [-0.05, 0) is 25.1 Å². The van der Waals surface area contributed by atoms with Crippen molar-refractivity contribution in [1.29, 1.82) is 0 Å². The van der Waals surface area contributed by atoms with E-state index in [0.29, 0.717) is 11.4 Å². The van der Waals surface area contributed by atoms with Crippen LogP contribution in [-0.4, -0.2) is 21.1 Å². The van der Waals surface area contributed by atoms with Crippen LogP contribution in [0.1, 0.15) is 16.1 Å². The fourth-order valence-electron chi connectivity index (χ4n) is 1.96. The summed E-state index contributed by atoms with van der Waals surface area (Å²) in [6, 6.07) is 6.77. The number of fused-ring (bicyclic) bond motifs is 1. The molecule has 20 heavy (non-hydrogen) atoms. The Morgan fingerprint density at radius 1 is 1.30 bits per heavy atom. The molecule has 3 N–H and O–H groups in total. The van der Waals surface area contributed by atoms with Crippen molar-refractivity contribution in [2.24, 2.45) is 0 Å². The Labute approximate surface area is 113 Å². The second-order valence-corrected chi connectivity index (χ2v) is 4.52. The molecule has 2 aromatic heterocycles. The number of aryl methyl sites for hydroxylation is 1. The summed E-state index contributed by atoms with van der Waals surface area (Å²) in [6.45, 7) is 1.76. The van der Waals surface area contributed by atoms with Gasteiger partial charge in [-0.15, -0.1) is 0 Å². The lowest BCUT2D eigenvalue weighted by atomic mass is 10.2. The Morgan fingerprint density at radius 2 is 2.15 bits per heavy atom. The van der Waals surface area contributed by atoms with Crippen LogP contribution in [0, 0.1) is 6.92 Å². The lowest BCUT2D eigenvalue weighted by Crippen LogP contribution is -2.21. The molecule has 0 saturated carbocycles. The quantitative estimate of drug-likeness (QED) is 0.662. The topological polar surface area (TPSA) is 90.6 Å². The summed E-state index contributed by atoms with van der Waals surface area (Å²) < 4.78 is 0. The van der Waals surface area contributed by atoms with Crippen molar-refractivity contribution >= 4 is 22.5 Å². The number of benzene rings is 1. The lowest BCUT2D eigenvalue weighted by Gasteiger charge is -2.05. The number of hydrogen-bond acceptors (Lipinski definition) is 3. The smallest absolute Gasteiger partial charge is 0.261 e. The highest BCUT2D eigenvalue weighted by Crippen LogP contribution is 2.16. The highest BCUT2D eigenvalue weighted by atomic mass is 16.2. The summed E-state index contributed by atoms with van der Waals surface area (Å²) in [5, 5.41) is 10.4. The Bertz CT molecular complexity index is 848. The van der Waals surface area contributed by atoms with Crippen LogP contribution in [0.25, 0.3) is 10.9 Å². The maximum atomic E-state index is 12.1. The van der Waals surface area contributed by atoms with Gasteiger partial charge in [-0.25, -0.2) is 0 Å². The van der Waals surface area contributed by atoms with Gasteiger partial charge in [0.05, 0.1) is 11.7 Å². The summed E-state index contributed by atoms with van der Waals surface area (Å²) in [4.78, 5) is 26.7. The number of carbonyl (C=O) groups is 1. The average molecular weight is 268 g/mol. The van der Waals surface area contributed by atoms with Crippen molar-refractivity contribution in [3.8, 4) is 0 Å². The number of carbonyl (C=O) groups excluding carboxylic acids is 1. The first-order valence-electron chi connectivity index (χ1n) is 6.07. The molecular formula is C14H12N4O2. The second-order valence-electron chi connectivity index (χ2n) is 4.52. The summed E-state index contributed by atoms with van der Waals surface area (Å²) in [6.07, 6.45) is 3.12. The van der Waals surface area contributed by atoms with Gasteiger partial charge in [0.1, 0.15) is 5.56 Å². The first-order chi connectivity index (χ1) is 9.63. The first kappa shape index (κ1) is 12.2. The zero-order chi connectivity index (χ0) is 14.1. The summed E-state index contributed by atoms with van der Waals surface area (Å²) in [5.41, 5.74) is 1.92. The first-order valence-corrected chi connectivity index (χ1v) is 6.07. The van der Waals surface area contributed by atoms with Crippen molar-refractivity contribution in [1.82, 2.24) is 15.2 Å². The Morgan fingerprint density at radius 3 is 2.95 bits per heavy atom. The molecule has 0 fully saturated rings. The van der Waals surface area contributed by atoms with E-state index in [9.17, 15) is 9.59 Å². The monoisotopic (exact) mass is 268 g/mol. The zero-order valence-electron chi connectivity index (χ0n) is 10.7. The summed E-state index contributed by atoms with van der Waals surface area (Å²) in [7, 11) is 0. The van der Waals surface area contributed by atoms with Gasteiger partial charge in [0, 0.05) is 29.0 Å². The van der Waals surface area contributed by atoms with Crippen LogP contribution in [0.4, 0.5) is 5.69 Å². The van der Waals surface area contributed by atoms with E-state index < -0.39 is 5.91 Å². The average Bonchev–Trinajstić information content (AvgIpc) is 2.85. The van der Waals surface area contributed by atoms with Crippen molar-refractivity contribution < 1.29 is 4.79 Å². The number of aromatic nitrogens is 3. The number of nitrogens with one attached hydrogen (secondary N) is 3. The van der Waals surface area contributed by atoms with Crippen LogP contribution < -0.4 is 10.7 Å². The molecule has 0 atom stereocenters. The maximum Gasteiger partial charge on any atom is 0.261 e. The van der Waals surface area contributed by atoms with Crippen molar-refractivity contribution in [2.45, 2.75) is 6.92 Å². The van der Waals surface area contributed by atoms with E-state index in [2.05, 4.69) is 20.5 Å². The molecular weight excluding hydrogens is 256 g/mol. The minimum Gasteiger partial charge on any atom is -0.364 e. The molecule has 3 rings (SSSR count). The van der Waals surface area contributed by atoms with Crippen molar-refractivity contribution in [2.75, 3.05) is 5.32 Å². The third-order valence-electron chi connectivity index (χ3n) is 3.00. The molecule has 3 aromatic rings. The minimum absolute atomic E-state index is 0.0836. The molecule has 100 valence electrons. The molecule has 0 aliphatic heterocycles. The normalized spacial score (nSPS) is 10.7. The number of hydrogen-bond donors (Lipinski definition) is 3. The number of anilines is 1. The van der Waals surface area contributed by atoms with E-state index in [1.807, 2.05) is 6.07 Å². The summed E-state index contributed by atoms with van der Waals surface area (Å²) >= 11 is 0.